The van der Waals surface area contributed by atoms with Crippen molar-refractivity contribution in [1.29, 1.82) is 0 Å². The van der Waals surface area contributed by atoms with Gasteiger partial charge in [-0.1, -0.05) is 24.3 Å². The van der Waals surface area contributed by atoms with Crippen LogP contribution in [-0.2, 0) is 11.2 Å². The van der Waals surface area contributed by atoms with E-state index in [9.17, 15) is 4.79 Å². The number of piperidine rings is 1. The zero-order valence-corrected chi connectivity index (χ0v) is 16.0. The van der Waals surface area contributed by atoms with E-state index in [1.165, 1.54) is 0 Å². The van der Waals surface area contributed by atoms with Crippen molar-refractivity contribution in [3.05, 3.63) is 60.3 Å². The maximum absolute atomic E-state index is 12.7. The number of carbonyl (C=O) groups excluding carboxylic acids is 1. The van der Waals surface area contributed by atoms with Crippen LogP contribution in [0.5, 0.6) is 17.2 Å². The molecule has 5 rings (SSSR count). The number of carbonyl (C=O) groups is 1. The quantitative estimate of drug-likeness (QED) is 0.682. The zero-order chi connectivity index (χ0) is 19.6. The van der Waals surface area contributed by atoms with Crippen molar-refractivity contribution >= 4 is 16.8 Å². The Morgan fingerprint density at radius 2 is 1.90 bits per heavy atom. The molecule has 1 aromatic heterocycles. The summed E-state index contributed by atoms with van der Waals surface area (Å²) < 4.78 is 17.0. The second kappa shape index (κ2) is 7.62. The molecule has 0 saturated carbocycles. The van der Waals surface area contributed by atoms with Gasteiger partial charge in [0.2, 0.25) is 12.7 Å². The number of benzene rings is 2. The Bertz CT molecular complexity index is 1040. The topological polar surface area (TPSA) is 60.9 Å². The lowest BCUT2D eigenvalue weighted by atomic mass is 10.1. The molecular weight excluding hydrogens is 368 g/mol. The molecule has 29 heavy (non-hydrogen) atoms. The Balaban J connectivity index is 1.18. The molecule has 2 aromatic carbocycles. The lowest BCUT2D eigenvalue weighted by Crippen LogP contribution is -2.42. The first kappa shape index (κ1) is 17.8. The number of rotatable bonds is 4. The average molecular weight is 390 g/mol. The van der Waals surface area contributed by atoms with E-state index in [-0.39, 0.29) is 18.8 Å². The molecule has 2 aliphatic heterocycles. The van der Waals surface area contributed by atoms with Gasteiger partial charge < -0.3 is 19.1 Å². The van der Waals surface area contributed by atoms with Crippen molar-refractivity contribution < 1.29 is 19.0 Å². The van der Waals surface area contributed by atoms with Gasteiger partial charge in [0.25, 0.3) is 0 Å². The van der Waals surface area contributed by atoms with Crippen LogP contribution < -0.4 is 14.2 Å². The van der Waals surface area contributed by atoms with E-state index < -0.39 is 0 Å². The minimum absolute atomic E-state index is 0.0946. The third-order valence-electron chi connectivity index (χ3n) is 5.48. The average Bonchev–Trinajstić information content (AvgIpc) is 3.22. The van der Waals surface area contributed by atoms with E-state index in [0.717, 1.165) is 40.8 Å². The van der Waals surface area contributed by atoms with Gasteiger partial charge >= 0.3 is 0 Å². The monoisotopic (exact) mass is 390 g/mol. The van der Waals surface area contributed by atoms with Crippen LogP contribution >= 0.6 is 0 Å². The first-order valence-corrected chi connectivity index (χ1v) is 9.93. The number of aromatic nitrogens is 1. The summed E-state index contributed by atoms with van der Waals surface area (Å²) in [5.74, 6) is 2.40. The van der Waals surface area contributed by atoms with E-state index in [2.05, 4.69) is 4.98 Å². The number of pyridine rings is 1. The summed E-state index contributed by atoms with van der Waals surface area (Å²) in [6, 6.07) is 15.6. The molecule has 148 valence electrons. The van der Waals surface area contributed by atoms with Gasteiger partial charge in [-0.3, -0.25) is 9.78 Å². The van der Waals surface area contributed by atoms with Crippen LogP contribution in [0.15, 0.2) is 54.7 Å². The van der Waals surface area contributed by atoms with Crippen LogP contribution in [0.3, 0.4) is 0 Å². The molecule has 3 aromatic rings. The van der Waals surface area contributed by atoms with Crippen LogP contribution in [0.2, 0.25) is 0 Å². The molecule has 2 aliphatic rings. The fourth-order valence-corrected chi connectivity index (χ4v) is 3.91. The molecule has 0 bridgehead atoms. The number of likely N-dealkylation sites (tertiary alicyclic amines) is 1. The van der Waals surface area contributed by atoms with E-state index >= 15 is 0 Å². The lowest BCUT2D eigenvalue weighted by Gasteiger charge is -2.32. The first-order valence-electron chi connectivity index (χ1n) is 9.93. The smallest absolute Gasteiger partial charge is 0.231 e. The highest BCUT2D eigenvalue weighted by Crippen LogP contribution is 2.33. The van der Waals surface area contributed by atoms with Crippen LogP contribution in [0.4, 0.5) is 0 Å². The number of para-hydroxylation sites is 1. The van der Waals surface area contributed by atoms with Crippen molar-refractivity contribution in [3.8, 4) is 17.2 Å². The van der Waals surface area contributed by atoms with Crippen molar-refractivity contribution in [3.63, 3.8) is 0 Å². The molecule has 1 saturated heterocycles. The summed E-state index contributed by atoms with van der Waals surface area (Å²) in [7, 11) is 0. The number of nitrogens with zero attached hydrogens (tertiary/aromatic N) is 2. The number of fused-ring (bicyclic) bond motifs is 2. The number of hydrogen-bond donors (Lipinski definition) is 0. The zero-order valence-electron chi connectivity index (χ0n) is 16.0. The fourth-order valence-electron chi connectivity index (χ4n) is 3.91. The molecule has 0 aliphatic carbocycles. The Morgan fingerprint density at radius 1 is 1.07 bits per heavy atom. The molecular formula is C23H22N2O4. The van der Waals surface area contributed by atoms with Crippen LogP contribution in [0.1, 0.15) is 18.4 Å². The Morgan fingerprint density at radius 3 is 2.79 bits per heavy atom. The van der Waals surface area contributed by atoms with Crippen LogP contribution in [0, 0.1) is 0 Å². The third kappa shape index (κ3) is 3.70. The van der Waals surface area contributed by atoms with Gasteiger partial charge in [0.15, 0.2) is 11.5 Å². The summed E-state index contributed by atoms with van der Waals surface area (Å²) in [5.41, 5.74) is 1.83. The van der Waals surface area contributed by atoms with Crippen molar-refractivity contribution in [2.75, 3.05) is 19.9 Å². The minimum atomic E-state index is 0.0946. The maximum Gasteiger partial charge on any atom is 0.231 e. The molecule has 0 unspecified atom stereocenters. The summed E-state index contributed by atoms with van der Waals surface area (Å²) in [5, 5.41) is 1.07. The Kier molecular flexibility index (Phi) is 4.68. The minimum Gasteiger partial charge on any atom is -0.488 e. The summed E-state index contributed by atoms with van der Waals surface area (Å²) in [6.07, 6.45) is 3.88. The molecule has 6 nitrogen and oxygen atoms in total. The molecule has 0 N–H and O–H groups in total. The van der Waals surface area contributed by atoms with Gasteiger partial charge in [0, 0.05) is 37.5 Å². The van der Waals surface area contributed by atoms with E-state index in [1.807, 2.05) is 53.4 Å². The summed E-state index contributed by atoms with van der Waals surface area (Å²) in [6.45, 7) is 1.64. The van der Waals surface area contributed by atoms with Crippen molar-refractivity contribution in [2.45, 2.75) is 25.4 Å². The normalized spacial score (nSPS) is 16.2. The molecule has 0 atom stereocenters. The molecule has 1 fully saturated rings. The highest BCUT2D eigenvalue weighted by Gasteiger charge is 2.25. The number of amides is 1. The number of ether oxygens (including phenoxy) is 3. The molecule has 3 heterocycles. The van der Waals surface area contributed by atoms with Gasteiger partial charge in [-0.05, 0) is 29.8 Å². The van der Waals surface area contributed by atoms with E-state index in [1.54, 1.807) is 6.20 Å². The predicted octanol–water partition coefficient (Wildman–Crippen LogP) is 3.58. The lowest BCUT2D eigenvalue weighted by molar-refractivity contribution is -0.132. The van der Waals surface area contributed by atoms with E-state index in [0.29, 0.717) is 25.3 Å². The highest BCUT2D eigenvalue weighted by molar-refractivity contribution is 5.84. The largest absolute Gasteiger partial charge is 0.488 e. The van der Waals surface area contributed by atoms with Crippen molar-refractivity contribution in [1.82, 2.24) is 9.88 Å². The highest BCUT2D eigenvalue weighted by atomic mass is 16.7. The Hall–Kier alpha value is -3.28. The van der Waals surface area contributed by atoms with Gasteiger partial charge in [-0.15, -0.1) is 0 Å². The maximum atomic E-state index is 12.7. The molecule has 1 amide bonds. The molecule has 0 spiro atoms. The fraction of sp³-hybridized carbons (Fsp3) is 0.304. The van der Waals surface area contributed by atoms with Gasteiger partial charge in [0.05, 0.1) is 6.42 Å². The van der Waals surface area contributed by atoms with Crippen LogP contribution in [-0.4, -0.2) is 41.8 Å². The Labute approximate surface area is 169 Å². The van der Waals surface area contributed by atoms with Gasteiger partial charge in [-0.25, -0.2) is 0 Å². The second-order valence-corrected chi connectivity index (χ2v) is 7.39. The number of hydrogen-bond acceptors (Lipinski definition) is 5. The standard InChI is InChI=1S/C23H22N2O4/c26-22(14-16-6-7-19-21(13-16)28-15-27-19)25-11-8-18(9-12-25)29-20-5-1-3-17-4-2-10-24-23(17)20/h1-7,10,13,18H,8-9,11-12,14-15H2. The molecule has 6 heteroatoms. The van der Waals surface area contributed by atoms with Gasteiger partial charge in [0.1, 0.15) is 17.4 Å². The second-order valence-electron chi connectivity index (χ2n) is 7.39. The SMILES string of the molecule is O=C(Cc1ccc2c(c1)OCO2)N1CCC(Oc2cccc3cccnc23)CC1. The predicted molar refractivity (Wildman–Crippen MR) is 108 cm³/mol. The van der Waals surface area contributed by atoms with Crippen LogP contribution in [0.25, 0.3) is 10.9 Å². The third-order valence-corrected chi connectivity index (χ3v) is 5.48. The molecule has 0 radical (unpaired) electrons. The summed E-state index contributed by atoms with van der Waals surface area (Å²) >= 11 is 0. The van der Waals surface area contributed by atoms with Crippen molar-refractivity contribution in [2.24, 2.45) is 0 Å². The van der Waals surface area contributed by atoms with E-state index in [4.69, 9.17) is 14.2 Å². The van der Waals surface area contributed by atoms with Gasteiger partial charge in [-0.2, -0.15) is 0 Å². The first-order chi connectivity index (χ1) is 14.3. The summed E-state index contributed by atoms with van der Waals surface area (Å²) in [4.78, 5) is 19.1.